The highest BCUT2D eigenvalue weighted by atomic mass is 15.2. The van der Waals surface area contributed by atoms with Gasteiger partial charge in [-0.15, -0.1) is 0 Å². The first-order valence-corrected chi connectivity index (χ1v) is 6.51. The van der Waals surface area contributed by atoms with Gasteiger partial charge in [0.2, 0.25) is 0 Å². The van der Waals surface area contributed by atoms with Gasteiger partial charge in [0.1, 0.15) is 5.82 Å². The van der Waals surface area contributed by atoms with Crippen LogP contribution >= 0.6 is 0 Å². The van der Waals surface area contributed by atoms with Crippen LogP contribution in [0.15, 0.2) is 0 Å². The first kappa shape index (κ1) is 10.3. The van der Waals surface area contributed by atoms with Crippen molar-refractivity contribution in [2.24, 2.45) is 7.05 Å². The monoisotopic (exact) mass is 219 g/mol. The van der Waals surface area contributed by atoms with Gasteiger partial charge in [-0.2, -0.15) is 0 Å². The van der Waals surface area contributed by atoms with Crippen molar-refractivity contribution in [2.75, 3.05) is 6.54 Å². The average Bonchev–Trinajstić information content (AvgIpc) is 2.88. The van der Waals surface area contributed by atoms with Gasteiger partial charge in [0.15, 0.2) is 0 Å². The van der Waals surface area contributed by atoms with Crippen LogP contribution in [0.4, 0.5) is 0 Å². The highest BCUT2D eigenvalue weighted by Crippen LogP contribution is 2.28. The quantitative estimate of drug-likeness (QED) is 0.720. The molecule has 0 unspecified atom stereocenters. The second kappa shape index (κ2) is 3.88. The Bertz CT molecular complexity index is 388. The van der Waals surface area contributed by atoms with E-state index in [0.717, 1.165) is 12.6 Å². The molecular weight excluding hydrogens is 198 g/mol. The Hall–Kier alpha value is -0.830. The van der Waals surface area contributed by atoms with E-state index in [0.29, 0.717) is 0 Å². The molecule has 88 valence electrons. The lowest BCUT2D eigenvalue weighted by atomic mass is 10.1. The molecule has 0 saturated heterocycles. The molecule has 1 saturated carbocycles. The number of hydrogen-bond donors (Lipinski definition) is 0. The number of rotatable bonds is 1. The summed E-state index contributed by atoms with van der Waals surface area (Å²) in [6.07, 6.45) is 6.84. The van der Waals surface area contributed by atoms with Crippen molar-refractivity contribution in [1.29, 1.82) is 0 Å². The van der Waals surface area contributed by atoms with Crippen LogP contribution in [0.1, 0.15) is 42.9 Å². The summed E-state index contributed by atoms with van der Waals surface area (Å²) >= 11 is 0. The van der Waals surface area contributed by atoms with E-state index in [-0.39, 0.29) is 0 Å². The summed E-state index contributed by atoms with van der Waals surface area (Å²) in [6.45, 7) is 4.43. The first-order valence-electron chi connectivity index (χ1n) is 6.51. The van der Waals surface area contributed by atoms with Crippen molar-refractivity contribution in [1.82, 2.24) is 14.5 Å². The largest absolute Gasteiger partial charge is 0.335 e. The van der Waals surface area contributed by atoms with E-state index in [9.17, 15) is 0 Å². The Kier molecular flexibility index (Phi) is 2.51. The van der Waals surface area contributed by atoms with E-state index >= 15 is 0 Å². The third-order valence-corrected chi connectivity index (χ3v) is 4.35. The van der Waals surface area contributed by atoms with Gasteiger partial charge in [0, 0.05) is 38.3 Å². The Morgan fingerprint density at radius 2 is 2.00 bits per heavy atom. The minimum atomic E-state index is 0.843. The highest BCUT2D eigenvalue weighted by molar-refractivity contribution is 5.19. The molecule has 0 atom stereocenters. The maximum atomic E-state index is 4.69. The molecule has 1 aliphatic heterocycles. The van der Waals surface area contributed by atoms with E-state index in [1.54, 1.807) is 0 Å². The maximum absolute atomic E-state index is 4.69. The number of imidazole rings is 1. The molecule has 0 amide bonds. The van der Waals surface area contributed by atoms with E-state index in [1.165, 1.54) is 55.9 Å². The smallest absolute Gasteiger partial charge is 0.105 e. The van der Waals surface area contributed by atoms with Crippen molar-refractivity contribution >= 4 is 0 Å². The second-order valence-electron chi connectivity index (χ2n) is 5.27. The van der Waals surface area contributed by atoms with Crippen LogP contribution in [-0.2, 0) is 20.0 Å². The molecule has 1 aromatic rings. The molecule has 1 aliphatic carbocycles. The summed E-state index contributed by atoms with van der Waals surface area (Å²) in [5, 5.41) is 0. The molecule has 16 heavy (non-hydrogen) atoms. The van der Waals surface area contributed by atoms with E-state index in [1.807, 2.05) is 0 Å². The number of nitrogens with zero attached hydrogens (tertiary/aromatic N) is 3. The molecule has 0 N–H and O–H groups in total. The molecule has 2 aliphatic rings. The lowest BCUT2D eigenvalue weighted by Crippen LogP contribution is -2.38. The molecule has 3 nitrogen and oxygen atoms in total. The summed E-state index contributed by atoms with van der Waals surface area (Å²) in [4.78, 5) is 7.35. The normalized spacial score (nSPS) is 22.6. The van der Waals surface area contributed by atoms with Gasteiger partial charge in [-0.3, -0.25) is 4.90 Å². The zero-order valence-electron chi connectivity index (χ0n) is 10.4. The Morgan fingerprint density at radius 1 is 1.25 bits per heavy atom. The topological polar surface area (TPSA) is 21.1 Å². The van der Waals surface area contributed by atoms with Crippen LogP contribution in [0.25, 0.3) is 0 Å². The zero-order valence-corrected chi connectivity index (χ0v) is 10.4. The van der Waals surface area contributed by atoms with Gasteiger partial charge >= 0.3 is 0 Å². The molecule has 1 aromatic heterocycles. The molecule has 1 fully saturated rings. The van der Waals surface area contributed by atoms with Crippen LogP contribution in [0, 0.1) is 6.92 Å². The summed E-state index contributed by atoms with van der Waals surface area (Å²) in [7, 11) is 2.15. The molecule has 0 aromatic carbocycles. The lowest BCUT2D eigenvalue weighted by molar-refractivity contribution is 0.177. The van der Waals surface area contributed by atoms with Crippen molar-refractivity contribution in [2.45, 2.75) is 51.6 Å². The fourth-order valence-corrected chi connectivity index (χ4v) is 3.26. The van der Waals surface area contributed by atoms with Crippen LogP contribution in [0.3, 0.4) is 0 Å². The predicted octanol–water partition coefficient (Wildman–Crippen LogP) is 2.03. The van der Waals surface area contributed by atoms with Crippen LogP contribution < -0.4 is 0 Å². The molecule has 0 bridgehead atoms. The van der Waals surface area contributed by atoms with Crippen molar-refractivity contribution in [3.8, 4) is 0 Å². The fraction of sp³-hybridized carbons (Fsp3) is 0.769. The average molecular weight is 219 g/mol. The minimum absolute atomic E-state index is 0.843. The van der Waals surface area contributed by atoms with E-state index in [2.05, 4.69) is 23.4 Å². The van der Waals surface area contributed by atoms with Gasteiger partial charge in [-0.05, 0) is 19.8 Å². The molecule has 3 rings (SSSR count). The van der Waals surface area contributed by atoms with Crippen LogP contribution in [0.2, 0.25) is 0 Å². The van der Waals surface area contributed by atoms with Gasteiger partial charge in [0.05, 0.1) is 5.69 Å². The van der Waals surface area contributed by atoms with Crippen molar-refractivity contribution in [3.63, 3.8) is 0 Å². The zero-order chi connectivity index (χ0) is 11.1. The maximum Gasteiger partial charge on any atom is 0.105 e. The molecular formula is C13H21N3. The number of fused-ring (bicyclic) bond motifs is 1. The van der Waals surface area contributed by atoms with E-state index < -0.39 is 0 Å². The fourth-order valence-electron chi connectivity index (χ4n) is 3.26. The highest BCUT2D eigenvalue weighted by Gasteiger charge is 2.28. The second-order valence-corrected chi connectivity index (χ2v) is 5.27. The number of hydrogen-bond acceptors (Lipinski definition) is 2. The van der Waals surface area contributed by atoms with Gasteiger partial charge in [-0.25, -0.2) is 4.98 Å². The SMILES string of the molecule is Cc1nc2c(n1C)CCN(C1CCCC1)C2. The molecule has 3 heteroatoms. The number of aryl methyl sites for hydroxylation is 1. The third kappa shape index (κ3) is 1.58. The van der Waals surface area contributed by atoms with E-state index in [4.69, 9.17) is 4.98 Å². The van der Waals surface area contributed by atoms with Crippen molar-refractivity contribution < 1.29 is 0 Å². The first-order chi connectivity index (χ1) is 7.75. The summed E-state index contributed by atoms with van der Waals surface area (Å²) in [5.41, 5.74) is 2.80. The summed E-state index contributed by atoms with van der Waals surface area (Å²) < 4.78 is 2.27. The molecule has 2 heterocycles. The number of aromatic nitrogens is 2. The van der Waals surface area contributed by atoms with Crippen molar-refractivity contribution in [3.05, 3.63) is 17.2 Å². The van der Waals surface area contributed by atoms with Gasteiger partial charge in [-0.1, -0.05) is 12.8 Å². The minimum Gasteiger partial charge on any atom is -0.335 e. The van der Waals surface area contributed by atoms with Crippen LogP contribution in [0.5, 0.6) is 0 Å². The Labute approximate surface area is 97.5 Å². The van der Waals surface area contributed by atoms with Gasteiger partial charge < -0.3 is 4.57 Å². The predicted molar refractivity (Wildman–Crippen MR) is 64.3 cm³/mol. The molecule has 0 radical (unpaired) electrons. The standard InChI is InChI=1S/C13H21N3/c1-10-14-12-9-16(11-5-3-4-6-11)8-7-13(12)15(10)2/h11H,3-9H2,1-2H3. The van der Waals surface area contributed by atoms with Crippen LogP contribution in [-0.4, -0.2) is 27.0 Å². The Morgan fingerprint density at radius 3 is 2.75 bits per heavy atom. The Balaban J connectivity index is 1.80. The van der Waals surface area contributed by atoms with Gasteiger partial charge in [0.25, 0.3) is 0 Å². The summed E-state index contributed by atoms with van der Waals surface area (Å²) in [5.74, 6) is 1.17. The third-order valence-electron chi connectivity index (χ3n) is 4.35. The lowest BCUT2D eigenvalue weighted by Gasteiger charge is -2.31. The summed E-state index contributed by atoms with van der Waals surface area (Å²) in [6, 6.07) is 0.843. The molecule has 0 spiro atoms.